The van der Waals surface area contributed by atoms with Gasteiger partial charge in [-0.15, -0.1) is 11.3 Å². The molecular formula is C16H19ClN2O2S. The molecule has 1 amide bonds. The van der Waals surface area contributed by atoms with E-state index >= 15 is 0 Å². The molecule has 1 unspecified atom stereocenters. The molecule has 118 valence electrons. The van der Waals surface area contributed by atoms with Gasteiger partial charge in [0.2, 0.25) is 0 Å². The van der Waals surface area contributed by atoms with E-state index < -0.39 is 0 Å². The number of hydrogen-bond acceptors (Lipinski definition) is 4. The highest BCUT2D eigenvalue weighted by molar-refractivity contribution is 7.17. The van der Waals surface area contributed by atoms with Crippen molar-refractivity contribution < 1.29 is 9.21 Å². The highest BCUT2D eigenvalue weighted by atomic mass is 35.5. The fourth-order valence-corrected chi connectivity index (χ4v) is 3.79. The van der Waals surface area contributed by atoms with Gasteiger partial charge < -0.3 is 9.73 Å². The van der Waals surface area contributed by atoms with Crippen molar-refractivity contribution in [1.29, 1.82) is 0 Å². The average molecular weight is 339 g/mol. The molecule has 1 saturated heterocycles. The lowest BCUT2D eigenvalue weighted by atomic mass is 10.1. The van der Waals surface area contributed by atoms with Gasteiger partial charge in [0, 0.05) is 6.54 Å². The SMILES string of the molecule is O=C(NCC(c1ccco1)N1CCCCC1)c1ccc(Cl)s1. The zero-order valence-electron chi connectivity index (χ0n) is 12.3. The molecular weight excluding hydrogens is 320 g/mol. The first kappa shape index (κ1) is 15.6. The second kappa shape index (κ2) is 7.31. The van der Waals surface area contributed by atoms with E-state index in [1.807, 2.05) is 12.1 Å². The second-order valence-corrected chi connectivity index (χ2v) is 7.16. The number of carbonyl (C=O) groups is 1. The van der Waals surface area contributed by atoms with E-state index in [2.05, 4.69) is 10.2 Å². The Labute approximate surface area is 139 Å². The first-order valence-corrected chi connectivity index (χ1v) is 8.74. The van der Waals surface area contributed by atoms with Crippen molar-refractivity contribution in [1.82, 2.24) is 10.2 Å². The van der Waals surface area contributed by atoms with Crippen LogP contribution in [0.1, 0.15) is 40.7 Å². The van der Waals surface area contributed by atoms with E-state index in [0.717, 1.165) is 18.8 Å². The zero-order valence-corrected chi connectivity index (χ0v) is 13.8. The fraction of sp³-hybridized carbons (Fsp3) is 0.438. The van der Waals surface area contributed by atoms with Gasteiger partial charge in [0.1, 0.15) is 5.76 Å². The van der Waals surface area contributed by atoms with Gasteiger partial charge in [-0.2, -0.15) is 0 Å². The van der Waals surface area contributed by atoms with Crippen molar-refractivity contribution in [2.75, 3.05) is 19.6 Å². The Balaban J connectivity index is 1.66. The van der Waals surface area contributed by atoms with E-state index in [-0.39, 0.29) is 11.9 Å². The van der Waals surface area contributed by atoms with E-state index in [9.17, 15) is 4.79 Å². The summed E-state index contributed by atoms with van der Waals surface area (Å²) in [6, 6.07) is 7.47. The average Bonchev–Trinajstić information content (AvgIpc) is 3.20. The summed E-state index contributed by atoms with van der Waals surface area (Å²) in [4.78, 5) is 15.2. The van der Waals surface area contributed by atoms with Crippen molar-refractivity contribution >= 4 is 28.8 Å². The van der Waals surface area contributed by atoms with Crippen LogP contribution in [0.4, 0.5) is 0 Å². The summed E-state index contributed by atoms with van der Waals surface area (Å²) < 4.78 is 6.21. The van der Waals surface area contributed by atoms with Gasteiger partial charge in [-0.25, -0.2) is 0 Å². The Morgan fingerprint density at radius 3 is 2.77 bits per heavy atom. The number of nitrogens with zero attached hydrogens (tertiary/aromatic N) is 1. The first-order chi connectivity index (χ1) is 10.7. The predicted octanol–water partition coefficient (Wildman–Crippen LogP) is 3.95. The van der Waals surface area contributed by atoms with Crippen LogP contribution in [0.25, 0.3) is 0 Å². The summed E-state index contributed by atoms with van der Waals surface area (Å²) in [5.74, 6) is 0.830. The second-order valence-electron chi connectivity index (χ2n) is 5.44. The van der Waals surface area contributed by atoms with Gasteiger partial charge >= 0.3 is 0 Å². The minimum Gasteiger partial charge on any atom is -0.468 e. The standard InChI is InChI=1S/C16H19ClN2O2S/c17-15-7-6-14(22-15)16(20)18-11-12(13-5-4-10-21-13)19-8-2-1-3-9-19/h4-7,10,12H,1-3,8-9,11H2,(H,18,20). The van der Waals surface area contributed by atoms with Gasteiger partial charge in [0.25, 0.3) is 5.91 Å². The van der Waals surface area contributed by atoms with Gasteiger partial charge in [-0.3, -0.25) is 9.69 Å². The fourth-order valence-electron chi connectivity index (χ4n) is 2.83. The molecule has 1 fully saturated rings. The Kier molecular flexibility index (Phi) is 5.18. The molecule has 2 aromatic heterocycles. The highest BCUT2D eigenvalue weighted by Crippen LogP contribution is 2.25. The minimum atomic E-state index is -0.0783. The maximum absolute atomic E-state index is 12.2. The minimum absolute atomic E-state index is 0.0783. The number of hydrogen-bond donors (Lipinski definition) is 1. The molecule has 2 aromatic rings. The predicted molar refractivity (Wildman–Crippen MR) is 88.5 cm³/mol. The van der Waals surface area contributed by atoms with Crippen LogP contribution in [-0.4, -0.2) is 30.4 Å². The third-order valence-corrected chi connectivity index (χ3v) is 5.19. The molecule has 0 bridgehead atoms. The molecule has 0 aliphatic carbocycles. The lowest BCUT2D eigenvalue weighted by Crippen LogP contribution is -2.40. The molecule has 3 heterocycles. The van der Waals surface area contributed by atoms with Gasteiger partial charge in [0.15, 0.2) is 0 Å². The number of nitrogens with one attached hydrogen (secondary N) is 1. The lowest BCUT2D eigenvalue weighted by Gasteiger charge is -2.33. The number of furan rings is 1. The van der Waals surface area contributed by atoms with Crippen LogP contribution in [-0.2, 0) is 0 Å². The number of rotatable bonds is 5. The number of amides is 1. The van der Waals surface area contributed by atoms with Crippen LogP contribution in [0.3, 0.4) is 0 Å². The van der Waals surface area contributed by atoms with Crippen LogP contribution in [0.2, 0.25) is 4.34 Å². The van der Waals surface area contributed by atoms with E-state index in [1.165, 1.54) is 30.6 Å². The molecule has 1 N–H and O–H groups in total. The molecule has 4 nitrogen and oxygen atoms in total. The molecule has 1 aliphatic rings. The van der Waals surface area contributed by atoms with Crippen LogP contribution >= 0.6 is 22.9 Å². The van der Waals surface area contributed by atoms with E-state index in [4.69, 9.17) is 16.0 Å². The zero-order chi connectivity index (χ0) is 15.4. The smallest absolute Gasteiger partial charge is 0.261 e. The molecule has 0 spiro atoms. The lowest BCUT2D eigenvalue weighted by molar-refractivity contribution is 0.0918. The highest BCUT2D eigenvalue weighted by Gasteiger charge is 2.25. The molecule has 0 saturated carbocycles. The number of carbonyl (C=O) groups excluding carboxylic acids is 1. The van der Waals surface area contributed by atoms with Crippen LogP contribution in [0.15, 0.2) is 34.9 Å². The Hall–Kier alpha value is -1.30. The maximum atomic E-state index is 12.2. The first-order valence-electron chi connectivity index (χ1n) is 7.55. The Morgan fingerprint density at radius 2 is 2.14 bits per heavy atom. The van der Waals surface area contributed by atoms with Crippen molar-refractivity contribution in [3.05, 3.63) is 45.5 Å². The quantitative estimate of drug-likeness (QED) is 0.897. The van der Waals surface area contributed by atoms with Gasteiger partial charge in [-0.05, 0) is 50.2 Å². The molecule has 0 aromatic carbocycles. The molecule has 22 heavy (non-hydrogen) atoms. The molecule has 6 heteroatoms. The summed E-state index contributed by atoms with van der Waals surface area (Å²) in [5, 5.41) is 3.01. The van der Waals surface area contributed by atoms with Gasteiger partial charge in [-0.1, -0.05) is 18.0 Å². The Morgan fingerprint density at radius 1 is 1.32 bits per heavy atom. The summed E-state index contributed by atoms with van der Waals surface area (Å²) >= 11 is 7.18. The third-order valence-electron chi connectivity index (χ3n) is 3.96. The number of piperidine rings is 1. The number of halogens is 1. The Bertz CT molecular complexity index is 605. The van der Waals surface area contributed by atoms with Crippen molar-refractivity contribution in [3.8, 4) is 0 Å². The molecule has 1 aliphatic heterocycles. The summed E-state index contributed by atoms with van der Waals surface area (Å²) in [6.45, 7) is 2.64. The summed E-state index contributed by atoms with van der Waals surface area (Å²) in [5.41, 5.74) is 0. The van der Waals surface area contributed by atoms with Crippen LogP contribution in [0, 0.1) is 0 Å². The molecule has 1 atom stereocenters. The summed E-state index contributed by atoms with van der Waals surface area (Å²) in [7, 11) is 0. The number of likely N-dealkylation sites (tertiary alicyclic amines) is 1. The molecule has 0 radical (unpaired) electrons. The number of thiophene rings is 1. The van der Waals surface area contributed by atoms with Crippen molar-refractivity contribution in [2.45, 2.75) is 25.3 Å². The van der Waals surface area contributed by atoms with Crippen LogP contribution in [0.5, 0.6) is 0 Å². The summed E-state index contributed by atoms with van der Waals surface area (Å²) in [6.07, 6.45) is 5.37. The maximum Gasteiger partial charge on any atom is 0.261 e. The van der Waals surface area contributed by atoms with Crippen molar-refractivity contribution in [3.63, 3.8) is 0 Å². The van der Waals surface area contributed by atoms with Gasteiger partial charge in [0.05, 0.1) is 21.5 Å². The largest absolute Gasteiger partial charge is 0.468 e. The third kappa shape index (κ3) is 3.72. The normalized spacial score (nSPS) is 17.3. The van der Waals surface area contributed by atoms with Crippen molar-refractivity contribution in [2.24, 2.45) is 0 Å². The topological polar surface area (TPSA) is 45.5 Å². The van der Waals surface area contributed by atoms with E-state index in [0.29, 0.717) is 15.8 Å². The monoisotopic (exact) mass is 338 g/mol. The molecule has 3 rings (SSSR count). The van der Waals surface area contributed by atoms with E-state index in [1.54, 1.807) is 18.4 Å². The van der Waals surface area contributed by atoms with Crippen LogP contribution < -0.4 is 5.32 Å².